The maximum atomic E-state index is 12.8. The second-order valence-electron chi connectivity index (χ2n) is 5.92. The Morgan fingerprint density at radius 3 is 2.85 bits per heavy atom. The fourth-order valence-corrected chi connectivity index (χ4v) is 3.81. The fourth-order valence-electron chi connectivity index (χ4n) is 2.79. The molecule has 0 unspecified atom stereocenters. The average molecular weight is 402 g/mol. The van der Waals surface area contributed by atoms with E-state index in [4.69, 9.17) is 0 Å². The first kappa shape index (κ1) is 19.5. The number of nitrogens with zero attached hydrogens (tertiary/aromatic N) is 2. The number of rotatable bonds is 5. The molecule has 1 aliphatic heterocycles. The largest absolute Gasteiger partial charge is 0.573 e. The molecule has 0 radical (unpaired) electrons. The molecule has 1 fully saturated rings. The van der Waals surface area contributed by atoms with Gasteiger partial charge in [-0.1, -0.05) is 11.3 Å². The molecule has 1 aromatic heterocycles. The molecule has 3 rings (SSSR count). The molecule has 2 amide bonds. The van der Waals surface area contributed by atoms with Crippen molar-refractivity contribution < 1.29 is 27.5 Å². The lowest BCUT2D eigenvalue weighted by molar-refractivity contribution is -0.274. The lowest BCUT2D eigenvalue weighted by Crippen LogP contribution is -2.49. The van der Waals surface area contributed by atoms with Gasteiger partial charge in [0.15, 0.2) is 5.13 Å². The number of benzene rings is 1. The van der Waals surface area contributed by atoms with Gasteiger partial charge < -0.3 is 15.4 Å². The van der Waals surface area contributed by atoms with Crippen LogP contribution in [0.5, 0.6) is 5.75 Å². The summed E-state index contributed by atoms with van der Waals surface area (Å²) in [5.41, 5.74) is 0.374. The summed E-state index contributed by atoms with van der Waals surface area (Å²) in [7, 11) is 1.58. The number of thiazole rings is 1. The molecule has 0 saturated carbocycles. The monoisotopic (exact) mass is 402 g/mol. The summed E-state index contributed by atoms with van der Waals surface area (Å²) in [6, 6.07) is 3.19. The quantitative estimate of drug-likeness (QED) is 0.796. The van der Waals surface area contributed by atoms with E-state index in [9.17, 15) is 22.8 Å². The van der Waals surface area contributed by atoms with E-state index in [-0.39, 0.29) is 17.4 Å². The standard InChI is InChI=1S/C16H17F3N4O3S/c1-20-8-13(24)23(14(25)11-3-2-6-21-11)15-22-10-5-4-9(7-12(10)27-15)26-16(17,18)19/h4-5,7,11,20-21H,2-3,6,8H2,1H3/t11-/m0/s1. The molecular formula is C16H17F3N4O3S. The van der Waals surface area contributed by atoms with Crippen molar-refractivity contribution >= 4 is 38.5 Å². The zero-order chi connectivity index (χ0) is 19.6. The van der Waals surface area contributed by atoms with Gasteiger partial charge in [0.25, 0.3) is 5.91 Å². The highest BCUT2D eigenvalue weighted by Crippen LogP contribution is 2.33. The van der Waals surface area contributed by atoms with Crippen molar-refractivity contribution in [1.29, 1.82) is 0 Å². The Kier molecular flexibility index (Phi) is 5.63. The highest BCUT2D eigenvalue weighted by atomic mass is 32.1. The minimum absolute atomic E-state index is 0.0726. The predicted octanol–water partition coefficient (Wildman–Crippen LogP) is 2.03. The summed E-state index contributed by atoms with van der Waals surface area (Å²) < 4.78 is 41.5. The number of imide groups is 1. The van der Waals surface area contributed by atoms with Crippen molar-refractivity contribution in [2.75, 3.05) is 25.0 Å². The van der Waals surface area contributed by atoms with Crippen LogP contribution in [0.4, 0.5) is 18.3 Å². The van der Waals surface area contributed by atoms with E-state index in [1.807, 2.05) is 0 Å². The van der Waals surface area contributed by atoms with Gasteiger partial charge in [-0.05, 0) is 38.6 Å². The van der Waals surface area contributed by atoms with Crippen molar-refractivity contribution in [3.8, 4) is 5.75 Å². The number of fused-ring (bicyclic) bond motifs is 1. The number of amides is 2. The summed E-state index contributed by atoms with van der Waals surface area (Å²) in [4.78, 5) is 30.5. The van der Waals surface area contributed by atoms with Gasteiger partial charge in [0.2, 0.25) is 5.91 Å². The summed E-state index contributed by atoms with van der Waals surface area (Å²) in [6.07, 6.45) is -3.38. The number of alkyl halides is 3. The van der Waals surface area contributed by atoms with Crippen molar-refractivity contribution in [3.63, 3.8) is 0 Å². The third-order valence-electron chi connectivity index (χ3n) is 3.93. The van der Waals surface area contributed by atoms with Crippen LogP contribution in [0.15, 0.2) is 18.2 Å². The lowest BCUT2D eigenvalue weighted by Gasteiger charge is -2.21. The third kappa shape index (κ3) is 4.54. The van der Waals surface area contributed by atoms with Crippen molar-refractivity contribution in [2.24, 2.45) is 0 Å². The molecule has 11 heteroatoms. The van der Waals surface area contributed by atoms with Crippen LogP contribution in [0.2, 0.25) is 0 Å². The van der Waals surface area contributed by atoms with Gasteiger partial charge in [-0.2, -0.15) is 0 Å². The molecule has 0 aliphatic carbocycles. The number of carbonyl (C=O) groups excluding carboxylic acids is 2. The van der Waals surface area contributed by atoms with Gasteiger partial charge in [0.1, 0.15) is 5.75 Å². The second kappa shape index (κ2) is 7.79. The molecule has 2 aromatic rings. The highest BCUT2D eigenvalue weighted by molar-refractivity contribution is 7.22. The SMILES string of the molecule is CNCC(=O)N(C(=O)[C@@H]1CCCN1)c1nc2ccc(OC(F)(F)F)cc2s1. The number of aromatic nitrogens is 1. The molecule has 1 saturated heterocycles. The van der Waals surface area contributed by atoms with Crippen molar-refractivity contribution in [2.45, 2.75) is 25.2 Å². The van der Waals surface area contributed by atoms with Crippen molar-refractivity contribution in [1.82, 2.24) is 15.6 Å². The maximum Gasteiger partial charge on any atom is 0.573 e. The van der Waals surface area contributed by atoms with Gasteiger partial charge in [-0.25, -0.2) is 9.88 Å². The number of ether oxygens (including phenoxy) is 1. The first-order valence-electron chi connectivity index (χ1n) is 8.19. The third-order valence-corrected chi connectivity index (χ3v) is 4.93. The number of likely N-dealkylation sites (N-methyl/N-ethyl adjacent to an activating group) is 1. The Morgan fingerprint density at radius 2 is 2.22 bits per heavy atom. The Morgan fingerprint density at radius 1 is 1.44 bits per heavy atom. The Hall–Kier alpha value is -2.24. The van der Waals surface area contributed by atoms with E-state index in [2.05, 4.69) is 20.4 Å². The van der Waals surface area contributed by atoms with E-state index in [0.717, 1.165) is 28.7 Å². The van der Waals surface area contributed by atoms with Gasteiger partial charge in [0.05, 0.1) is 22.8 Å². The first-order valence-corrected chi connectivity index (χ1v) is 9.01. The second-order valence-corrected chi connectivity index (χ2v) is 6.93. The number of carbonyl (C=O) groups is 2. The first-order chi connectivity index (χ1) is 12.8. The molecule has 0 bridgehead atoms. The molecule has 1 atom stereocenters. The van der Waals surface area contributed by atoms with Gasteiger partial charge in [-0.3, -0.25) is 9.59 Å². The van der Waals surface area contributed by atoms with Crippen LogP contribution in [0.3, 0.4) is 0 Å². The van der Waals surface area contributed by atoms with Crippen LogP contribution in [-0.4, -0.2) is 49.3 Å². The average Bonchev–Trinajstić information content (AvgIpc) is 3.22. The van der Waals surface area contributed by atoms with Crippen LogP contribution in [0.1, 0.15) is 12.8 Å². The summed E-state index contributed by atoms with van der Waals surface area (Å²) >= 11 is 0.957. The summed E-state index contributed by atoms with van der Waals surface area (Å²) in [6.45, 7) is 0.610. The molecule has 1 aromatic carbocycles. The minimum atomic E-state index is -4.81. The number of hydrogen-bond acceptors (Lipinski definition) is 7. The van der Waals surface area contributed by atoms with Gasteiger partial charge >= 0.3 is 6.36 Å². The lowest BCUT2D eigenvalue weighted by atomic mass is 10.2. The van der Waals surface area contributed by atoms with E-state index >= 15 is 0 Å². The van der Waals surface area contributed by atoms with Crippen LogP contribution < -0.4 is 20.3 Å². The zero-order valence-corrected chi connectivity index (χ0v) is 15.1. The highest BCUT2D eigenvalue weighted by Gasteiger charge is 2.34. The number of halogens is 3. The molecule has 7 nitrogen and oxygen atoms in total. The Bertz CT molecular complexity index is 849. The molecular weight excluding hydrogens is 385 g/mol. The fraction of sp³-hybridized carbons (Fsp3) is 0.438. The molecule has 0 spiro atoms. The summed E-state index contributed by atoms with van der Waals surface area (Å²) in [5, 5.41) is 5.86. The molecule has 146 valence electrons. The topological polar surface area (TPSA) is 83.6 Å². The smallest absolute Gasteiger partial charge is 0.406 e. The zero-order valence-electron chi connectivity index (χ0n) is 14.3. The van der Waals surface area contributed by atoms with E-state index < -0.39 is 24.2 Å². The molecule has 1 aliphatic rings. The van der Waals surface area contributed by atoms with Crippen LogP contribution in [-0.2, 0) is 9.59 Å². The summed E-state index contributed by atoms with van der Waals surface area (Å²) in [5.74, 6) is -1.29. The Balaban J connectivity index is 1.94. The van der Waals surface area contributed by atoms with E-state index in [0.29, 0.717) is 23.2 Å². The minimum Gasteiger partial charge on any atom is -0.406 e. The van der Waals surface area contributed by atoms with E-state index in [1.54, 1.807) is 7.05 Å². The normalized spacial score (nSPS) is 17.3. The van der Waals surface area contributed by atoms with Crippen LogP contribution in [0.25, 0.3) is 10.2 Å². The molecule has 27 heavy (non-hydrogen) atoms. The van der Waals surface area contributed by atoms with Gasteiger partial charge in [-0.15, -0.1) is 13.2 Å². The van der Waals surface area contributed by atoms with Gasteiger partial charge in [0, 0.05) is 6.07 Å². The maximum absolute atomic E-state index is 12.8. The number of anilines is 1. The van der Waals surface area contributed by atoms with Crippen LogP contribution >= 0.6 is 11.3 Å². The number of nitrogens with one attached hydrogen (secondary N) is 2. The molecule has 2 N–H and O–H groups in total. The van der Waals surface area contributed by atoms with Crippen LogP contribution in [0, 0.1) is 0 Å². The molecule has 2 heterocycles. The predicted molar refractivity (Wildman–Crippen MR) is 93.7 cm³/mol. The van der Waals surface area contributed by atoms with Crippen molar-refractivity contribution in [3.05, 3.63) is 18.2 Å². The number of hydrogen-bond donors (Lipinski definition) is 2. The Labute approximate surface area is 156 Å². The van der Waals surface area contributed by atoms with E-state index in [1.165, 1.54) is 12.1 Å².